The van der Waals surface area contributed by atoms with Crippen LogP contribution in [-0.2, 0) is 17.8 Å². The van der Waals surface area contributed by atoms with E-state index in [1.165, 1.54) is 5.56 Å². The van der Waals surface area contributed by atoms with Crippen LogP contribution < -0.4 is 10.1 Å². The van der Waals surface area contributed by atoms with Gasteiger partial charge in [0.1, 0.15) is 0 Å². The molecule has 0 saturated carbocycles. The summed E-state index contributed by atoms with van der Waals surface area (Å²) in [6, 6.07) is 11.5. The van der Waals surface area contributed by atoms with Crippen LogP contribution in [0.3, 0.4) is 0 Å². The molecule has 1 saturated heterocycles. The SMILES string of the molecule is COc1ncccc1CNC(=O)c1ccc(CN2C[C@@H](C)O[C@H](C)C2)cc1. The van der Waals surface area contributed by atoms with Crippen LogP contribution >= 0.6 is 0 Å². The van der Waals surface area contributed by atoms with Gasteiger partial charge < -0.3 is 14.8 Å². The minimum atomic E-state index is -0.110. The lowest BCUT2D eigenvalue weighted by atomic mass is 10.1. The Morgan fingerprint density at radius 1 is 1.22 bits per heavy atom. The molecule has 1 amide bonds. The number of pyridine rings is 1. The molecule has 1 aliphatic heterocycles. The molecule has 6 heteroatoms. The number of carbonyl (C=O) groups excluding carboxylic acids is 1. The standard InChI is InChI=1S/C21H27N3O3/c1-15-12-24(13-16(2)27-15)14-17-6-8-18(9-7-17)20(25)23-11-19-5-4-10-22-21(19)26-3/h4-10,15-16H,11-14H2,1-3H3,(H,23,25)/t15-,16-/m1/s1. The Morgan fingerprint density at radius 2 is 1.93 bits per heavy atom. The molecule has 1 aliphatic rings. The monoisotopic (exact) mass is 369 g/mol. The molecule has 2 aromatic rings. The van der Waals surface area contributed by atoms with Crippen molar-refractivity contribution in [3.63, 3.8) is 0 Å². The zero-order valence-corrected chi connectivity index (χ0v) is 16.1. The quantitative estimate of drug-likeness (QED) is 0.848. The molecule has 2 heterocycles. The first-order valence-corrected chi connectivity index (χ1v) is 9.28. The second-order valence-corrected chi connectivity index (χ2v) is 7.00. The highest BCUT2D eigenvalue weighted by atomic mass is 16.5. The molecule has 2 atom stereocenters. The number of nitrogens with zero attached hydrogens (tertiary/aromatic N) is 2. The van der Waals surface area contributed by atoms with Crippen molar-refractivity contribution in [1.29, 1.82) is 0 Å². The third-order valence-electron chi connectivity index (χ3n) is 4.60. The number of nitrogens with one attached hydrogen (secondary N) is 1. The van der Waals surface area contributed by atoms with Crippen molar-refractivity contribution in [2.24, 2.45) is 0 Å². The van der Waals surface area contributed by atoms with Gasteiger partial charge in [0.25, 0.3) is 5.91 Å². The second kappa shape index (κ2) is 8.97. The maximum Gasteiger partial charge on any atom is 0.251 e. The number of hydrogen-bond donors (Lipinski definition) is 1. The molecule has 0 unspecified atom stereocenters. The van der Waals surface area contributed by atoms with Crippen molar-refractivity contribution < 1.29 is 14.3 Å². The van der Waals surface area contributed by atoms with Crippen LogP contribution in [-0.4, -0.2) is 48.2 Å². The molecule has 0 radical (unpaired) electrons. The third kappa shape index (κ3) is 5.28. The van der Waals surface area contributed by atoms with Gasteiger partial charge in [0, 0.05) is 43.5 Å². The summed E-state index contributed by atoms with van der Waals surface area (Å²) >= 11 is 0. The van der Waals surface area contributed by atoms with Crippen molar-refractivity contribution in [1.82, 2.24) is 15.2 Å². The van der Waals surface area contributed by atoms with Gasteiger partial charge in [0.05, 0.1) is 19.3 Å². The number of rotatable bonds is 6. The molecule has 1 aromatic heterocycles. The lowest BCUT2D eigenvalue weighted by molar-refractivity contribution is -0.0704. The fourth-order valence-corrected chi connectivity index (χ4v) is 3.45. The molecule has 0 aliphatic carbocycles. The molecule has 3 rings (SSSR count). The first-order valence-electron chi connectivity index (χ1n) is 9.28. The van der Waals surface area contributed by atoms with Crippen molar-refractivity contribution in [3.8, 4) is 5.88 Å². The molecular weight excluding hydrogens is 342 g/mol. The number of benzene rings is 1. The first kappa shape index (κ1) is 19.3. The molecule has 0 bridgehead atoms. The Bertz CT molecular complexity index is 754. The van der Waals surface area contributed by atoms with Crippen LogP contribution in [0.15, 0.2) is 42.6 Å². The molecule has 27 heavy (non-hydrogen) atoms. The Morgan fingerprint density at radius 3 is 2.59 bits per heavy atom. The number of morpholine rings is 1. The highest BCUT2D eigenvalue weighted by Crippen LogP contribution is 2.16. The molecule has 1 fully saturated rings. The molecule has 1 aromatic carbocycles. The highest BCUT2D eigenvalue weighted by Gasteiger charge is 2.22. The van der Waals surface area contributed by atoms with E-state index in [1.807, 2.05) is 36.4 Å². The summed E-state index contributed by atoms with van der Waals surface area (Å²) in [5.41, 5.74) is 2.69. The van der Waals surface area contributed by atoms with Crippen LogP contribution in [0.2, 0.25) is 0 Å². The predicted molar refractivity (Wildman–Crippen MR) is 104 cm³/mol. The van der Waals surface area contributed by atoms with E-state index in [0.29, 0.717) is 18.0 Å². The van der Waals surface area contributed by atoms with Gasteiger partial charge in [-0.3, -0.25) is 9.69 Å². The van der Waals surface area contributed by atoms with E-state index in [0.717, 1.165) is 25.2 Å². The molecule has 0 spiro atoms. The fourth-order valence-electron chi connectivity index (χ4n) is 3.45. The Hall–Kier alpha value is -2.44. The number of hydrogen-bond acceptors (Lipinski definition) is 5. The van der Waals surface area contributed by atoms with E-state index in [-0.39, 0.29) is 18.1 Å². The van der Waals surface area contributed by atoms with Gasteiger partial charge in [-0.15, -0.1) is 0 Å². The summed E-state index contributed by atoms with van der Waals surface area (Å²) in [4.78, 5) is 18.9. The van der Waals surface area contributed by atoms with Crippen LogP contribution in [0.1, 0.15) is 35.3 Å². The number of aromatic nitrogens is 1. The van der Waals surface area contributed by atoms with Gasteiger partial charge in [-0.25, -0.2) is 4.98 Å². The second-order valence-electron chi connectivity index (χ2n) is 7.00. The number of carbonyl (C=O) groups is 1. The first-order chi connectivity index (χ1) is 13.0. The van der Waals surface area contributed by atoms with E-state index in [9.17, 15) is 4.79 Å². The summed E-state index contributed by atoms with van der Waals surface area (Å²) < 4.78 is 11.0. The van der Waals surface area contributed by atoms with Gasteiger partial charge in [-0.2, -0.15) is 0 Å². The predicted octanol–water partition coefficient (Wildman–Crippen LogP) is 2.63. The van der Waals surface area contributed by atoms with Crippen LogP contribution in [0.4, 0.5) is 0 Å². The van der Waals surface area contributed by atoms with Gasteiger partial charge in [-0.1, -0.05) is 18.2 Å². The minimum Gasteiger partial charge on any atom is -0.481 e. The number of ether oxygens (including phenoxy) is 2. The van der Waals surface area contributed by atoms with E-state index in [4.69, 9.17) is 9.47 Å². The molecule has 1 N–H and O–H groups in total. The summed E-state index contributed by atoms with van der Waals surface area (Å²) in [6.45, 7) is 7.31. The average Bonchev–Trinajstić information content (AvgIpc) is 2.66. The zero-order chi connectivity index (χ0) is 19.2. The number of methoxy groups -OCH3 is 1. The highest BCUT2D eigenvalue weighted by molar-refractivity contribution is 5.94. The van der Waals surface area contributed by atoms with Crippen LogP contribution in [0.5, 0.6) is 5.88 Å². The zero-order valence-electron chi connectivity index (χ0n) is 16.1. The summed E-state index contributed by atoms with van der Waals surface area (Å²) in [5.74, 6) is 0.420. The Balaban J connectivity index is 1.55. The van der Waals surface area contributed by atoms with E-state index in [2.05, 4.69) is 29.0 Å². The molecule has 144 valence electrons. The maximum absolute atomic E-state index is 12.4. The van der Waals surface area contributed by atoms with Gasteiger partial charge in [0.15, 0.2) is 0 Å². The average molecular weight is 369 g/mol. The van der Waals surface area contributed by atoms with Gasteiger partial charge in [-0.05, 0) is 37.6 Å². The topological polar surface area (TPSA) is 63.7 Å². The molecule has 6 nitrogen and oxygen atoms in total. The van der Waals surface area contributed by atoms with E-state index >= 15 is 0 Å². The molecular formula is C21H27N3O3. The van der Waals surface area contributed by atoms with Crippen molar-refractivity contribution in [3.05, 3.63) is 59.3 Å². The minimum absolute atomic E-state index is 0.110. The fraction of sp³-hybridized carbons (Fsp3) is 0.429. The van der Waals surface area contributed by atoms with E-state index < -0.39 is 0 Å². The lowest BCUT2D eigenvalue weighted by Crippen LogP contribution is -2.44. The smallest absolute Gasteiger partial charge is 0.251 e. The third-order valence-corrected chi connectivity index (χ3v) is 4.60. The largest absolute Gasteiger partial charge is 0.481 e. The van der Waals surface area contributed by atoms with E-state index in [1.54, 1.807) is 13.3 Å². The maximum atomic E-state index is 12.4. The summed E-state index contributed by atoms with van der Waals surface area (Å²) in [7, 11) is 1.57. The normalized spacial score (nSPS) is 20.3. The Labute approximate surface area is 160 Å². The van der Waals surface area contributed by atoms with Crippen LogP contribution in [0.25, 0.3) is 0 Å². The lowest BCUT2D eigenvalue weighted by Gasteiger charge is -2.35. The van der Waals surface area contributed by atoms with Crippen LogP contribution in [0, 0.1) is 0 Å². The van der Waals surface area contributed by atoms with Crippen molar-refractivity contribution in [2.75, 3.05) is 20.2 Å². The summed E-state index contributed by atoms with van der Waals surface area (Å²) in [5, 5.41) is 2.92. The van der Waals surface area contributed by atoms with Crippen molar-refractivity contribution >= 4 is 5.91 Å². The summed E-state index contributed by atoms with van der Waals surface area (Å²) in [6.07, 6.45) is 2.17. The van der Waals surface area contributed by atoms with Gasteiger partial charge >= 0.3 is 0 Å². The van der Waals surface area contributed by atoms with Gasteiger partial charge in [0.2, 0.25) is 5.88 Å². The number of amides is 1. The van der Waals surface area contributed by atoms with Crippen molar-refractivity contribution in [2.45, 2.75) is 39.1 Å². The Kier molecular flexibility index (Phi) is 6.42.